The zero-order valence-corrected chi connectivity index (χ0v) is 14.5. The van der Waals surface area contributed by atoms with Crippen LogP contribution in [-0.4, -0.2) is 52.8 Å². The van der Waals surface area contributed by atoms with Crippen molar-refractivity contribution in [3.63, 3.8) is 0 Å². The Bertz CT molecular complexity index is 868. The van der Waals surface area contributed by atoms with Gasteiger partial charge in [0.2, 0.25) is 0 Å². The molecule has 1 fully saturated rings. The van der Waals surface area contributed by atoms with E-state index in [1.165, 1.54) is 6.33 Å². The minimum Gasteiger partial charge on any atom is -0.350 e. The van der Waals surface area contributed by atoms with E-state index in [-0.39, 0.29) is 23.8 Å². The van der Waals surface area contributed by atoms with Crippen LogP contribution in [0.5, 0.6) is 0 Å². The van der Waals surface area contributed by atoms with Gasteiger partial charge in [-0.2, -0.15) is 0 Å². The molecule has 0 aromatic carbocycles. The second kappa shape index (κ2) is 7.09. The van der Waals surface area contributed by atoms with Crippen molar-refractivity contribution >= 4 is 27.2 Å². The molecule has 0 unspecified atom stereocenters. The molecule has 1 amide bonds. The summed E-state index contributed by atoms with van der Waals surface area (Å²) in [5.74, 6) is 0.00211. The fraction of sp³-hybridized carbons (Fsp3) is 0.400. The van der Waals surface area contributed by atoms with Crippen LogP contribution in [-0.2, 0) is 9.84 Å². The molecule has 1 aliphatic rings. The summed E-state index contributed by atoms with van der Waals surface area (Å²) in [5.41, 5.74) is 1.46. The van der Waals surface area contributed by atoms with Crippen LogP contribution in [0.4, 0.5) is 11.5 Å². The summed E-state index contributed by atoms with van der Waals surface area (Å²) in [6, 6.07) is 0. The third-order valence-corrected chi connectivity index (χ3v) is 4.53. The van der Waals surface area contributed by atoms with Gasteiger partial charge in [0, 0.05) is 18.7 Å². The molecule has 2 heterocycles. The van der Waals surface area contributed by atoms with Crippen LogP contribution >= 0.6 is 0 Å². The van der Waals surface area contributed by atoms with Gasteiger partial charge in [0.1, 0.15) is 16.2 Å². The molecule has 1 aliphatic carbocycles. The number of sulfone groups is 1. The summed E-state index contributed by atoms with van der Waals surface area (Å²) in [6.07, 6.45) is 9.33. The first-order chi connectivity index (χ1) is 11.9. The maximum absolute atomic E-state index is 12.5. The molecule has 3 rings (SSSR count). The number of hydrogen-bond donors (Lipinski definition) is 2. The lowest BCUT2D eigenvalue weighted by atomic mass is 10.2. The number of nitrogens with one attached hydrogen (secondary N) is 2. The van der Waals surface area contributed by atoms with Crippen LogP contribution in [0.3, 0.4) is 0 Å². The molecule has 1 saturated carbocycles. The SMILES string of the molecule is CS(=O)(=O)CCNC(=O)c1nc(C2CC2)cnc1Nc1cncnc1. The first-order valence-electron chi connectivity index (χ1n) is 7.77. The van der Waals surface area contributed by atoms with Crippen LogP contribution in [0.1, 0.15) is 34.9 Å². The smallest absolute Gasteiger partial charge is 0.273 e. The predicted molar refractivity (Wildman–Crippen MR) is 91.4 cm³/mol. The summed E-state index contributed by atoms with van der Waals surface area (Å²) in [7, 11) is -3.16. The van der Waals surface area contributed by atoms with Crippen molar-refractivity contribution in [1.29, 1.82) is 0 Å². The zero-order valence-electron chi connectivity index (χ0n) is 13.6. The maximum Gasteiger partial charge on any atom is 0.273 e. The van der Waals surface area contributed by atoms with Crippen molar-refractivity contribution < 1.29 is 13.2 Å². The summed E-state index contributed by atoms with van der Waals surface area (Å²) in [5, 5.41) is 5.55. The lowest BCUT2D eigenvalue weighted by molar-refractivity contribution is 0.0951. The quantitative estimate of drug-likeness (QED) is 0.735. The molecule has 10 heteroatoms. The molecule has 2 aromatic heterocycles. The van der Waals surface area contributed by atoms with Gasteiger partial charge in [-0.1, -0.05) is 0 Å². The van der Waals surface area contributed by atoms with E-state index in [4.69, 9.17) is 0 Å². The summed E-state index contributed by atoms with van der Waals surface area (Å²) in [6.45, 7) is 0.0148. The van der Waals surface area contributed by atoms with Gasteiger partial charge in [-0.25, -0.2) is 28.4 Å². The molecule has 0 aliphatic heterocycles. The Labute approximate surface area is 145 Å². The second-order valence-corrected chi connectivity index (χ2v) is 8.16. The highest BCUT2D eigenvalue weighted by Crippen LogP contribution is 2.39. The molecule has 2 N–H and O–H groups in total. The molecule has 0 radical (unpaired) electrons. The van der Waals surface area contributed by atoms with Gasteiger partial charge >= 0.3 is 0 Å². The number of nitrogens with zero attached hydrogens (tertiary/aromatic N) is 4. The van der Waals surface area contributed by atoms with Crippen molar-refractivity contribution in [1.82, 2.24) is 25.3 Å². The normalized spacial score (nSPS) is 14.1. The molecule has 2 aromatic rings. The van der Waals surface area contributed by atoms with Crippen LogP contribution in [0.2, 0.25) is 0 Å². The van der Waals surface area contributed by atoms with Crippen molar-refractivity contribution in [2.24, 2.45) is 0 Å². The lowest BCUT2D eigenvalue weighted by Gasteiger charge is -2.11. The molecule has 0 atom stereocenters. The fourth-order valence-corrected chi connectivity index (χ4v) is 2.64. The van der Waals surface area contributed by atoms with Crippen molar-refractivity contribution in [2.75, 3.05) is 23.9 Å². The molecule has 0 bridgehead atoms. The highest BCUT2D eigenvalue weighted by molar-refractivity contribution is 7.90. The van der Waals surface area contributed by atoms with Crippen LogP contribution in [0.15, 0.2) is 24.9 Å². The summed E-state index contributed by atoms with van der Waals surface area (Å²) >= 11 is 0. The standard InChI is InChI=1S/C15H18N6O3S/c1-25(23,24)5-4-18-15(22)13-14(20-11-6-16-9-17-7-11)19-8-12(21-13)10-2-3-10/h6-10H,2-5H2,1H3,(H,18,22)(H,19,20). The average molecular weight is 362 g/mol. The molecule has 0 saturated heterocycles. The van der Waals surface area contributed by atoms with Gasteiger partial charge < -0.3 is 10.6 Å². The molecular weight excluding hydrogens is 344 g/mol. The Morgan fingerprint density at radius 1 is 1.24 bits per heavy atom. The number of rotatable bonds is 7. The zero-order chi connectivity index (χ0) is 17.9. The van der Waals surface area contributed by atoms with E-state index in [1.54, 1.807) is 18.6 Å². The van der Waals surface area contributed by atoms with Gasteiger partial charge in [0.15, 0.2) is 11.5 Å². The highest BCUT2D eigenvalue weighted by atomic mass is 32.2. The monoisotopic (exact) mass is 362 g/mol. The Hall–Kier alpha value is -2.62. The third-order valence-electron chi connectivity index (χ3n) is 3.58. The van der Waals surface area contributed by atoms with E-state index in [0.717, 1.165) is 24.8 Å². The predicted octanol–water partition coefficient (Wildman–Crippen LogP) is 0.662. The first kappa shape index (κ1) is 17.2. The minimum absolute atomic E-state index is 0.0148. The third kappa shape index (κ3) is 4.92. The molecule has 25 heavy (non-hydrogen) atoms. The highest BCUT2D eigenvalue weighted by Gasteiger charge is 2.27. The Morgan fingerprint density at radius 3 is 2.60 bits per heavy atom. The van der Waals surface area contributed by atoms with Crippen molar-refractivity contribution in [3.8, 4) is 0 Å². The topological polar surface area (TPSA) is 127 Å². The van der Waals surface area contributed by atoms with Gasteiger partial charge in [0.25, 0.3) is 5.91 Å². The minimum atomic E-state index is -3.16. The number of hydrogen-bond acceptors (Lipinski definition) is 8. The summed E-state index contributed by atoms with van der Waals surface area (Å²) < 4.78 is 22.4. The van der Waals surface area contributed by atoms with Gasteiger partial charge in [-0.3, -0.25) is 4.79 Å². The number of anilines is 2. The van der Waals surface area contributed by atoms with Crippen molar-refractivity contribution in [2.45, 2.75) is 18.8 Å². The second-order valence-electron chi connectivity index (χ2n) is 5.90. The van der Waals surface area contributed by atoms with E-state index >= 15 is 0 Å². The van der Waals surface area contributed by atoms with Crippen LogP contribution in [0, 0.1) is 0 Å². The van der Waals surface area contributed by atoms with Crippen molar-refractivity contribution in [3.05, 3.63) is 36.3 Å². The van der Waals surface area contributed by atoms with Gasteiger partial charge in [-0.15, -0.1) is 0 Å². The Balaban J connectivity index is 1.80. The lowest BCUT2D eigenvalue weighted by Crippen LogP contribution is -2.30. The fourth-order valence-electron chi connectivity index (χ4n) is 2.16. The number of aromatic nitrogens is 4. The summed E-state index contributed by atoms with van der Waals surface area (Å²) in [4.78, 5) is 29.0. The Kier molecular flexibility index (Phi) is 4.88. The molecule has 0 spiro atoms. The van der Waals surface area contributed by atoms with E-state index < -0.39 is 15.7 Å². The molecular formula is C15H18N6O3S. The average Bonchev–Trinajstić information content (AvgIpc) is 3.40. The van der Waals surface area contributed by atoms with E-state index in [9.17, 15) is 13.2 Å². The number of carbonyl (C=O) groups is 1. The van der Waals surface area contributed by atoms with Gasteiger partial charge in [-0.05, 0) is 12.8 Å². The van der Waals surface area contributed by atoms with E-state index in [0.29, 0.717) is 11.6 Å². The Morgan fingerprint density at radius 2 is 1.96 bits per heavy atom. The van der Waals surface area contributed by atoms with Crippen LogP contribution in [0.25, 0.3) is 0 Å². The van der Waals surface area contributed by atoms with Crippen LogP contribution < -0.4 is 10.6 Å². The number of amides is 1. The largest absolute Gasteiger partial charge is 0.350 e. The first-order valence-corrected chi connectivity index (χ1v) is 9.83. The molecule has 9 nitrogen and oxygen atoms in total. The van der Waals surface area contributed by atoms with E-state index in [1.807, 2.05) is 0 Å². The van der Waals surface area contributed by atoms with E-state index in [2.05, 4.69) is 30.6 Å². The number of carbonyl (C=O) groups excluding carboxylic acids is 1. The molecule has 132 valence electrons. The van der Waals surface area contributed by atoms with Gasteiger partial charge in [0.05, 0.1) is 35.7 Å². The maximum atomic E-state index is 12.5.